The molecule has 0 aliphatic heterocycles. The zero-order chi connectivity index (χ0) is 8.43. The van der Waals surface area contributed by atoms with Gasteiger partial charge in [0.2, 0.25) is 0 Å². The van der Waals surface area contributed by atoms with E-state index in [1.54, 1.807) is 19.6 Å². The molecule has 4 nitrogen and oxygen atoms in total. The summed E-state index contributed by atoms with van der Waals surface area (Å²) < 4.78 is 0. The molecule has 1 aromatic heterocycles. The minimum absolute atomic E-state index is 0.0926. The summed E-state index contributed by atoms with van der Waals surface area (Å²) in [7, 11) is 3.36. The number of thiazole rings is 1. The van der Waals surface area contributed by atoms with Crippen molar-refractivity contribution in [2.75, 3.05) is 19.8 Å². The lowest BCUT2D eigenvalue weighted by Gasteiger charge is -2.07. The second-order valence-corrected chi connectivity index (χ2v) is 3.12. The summed E-state index contributed by atoms with van der Waals surface area (Å²) in [5.41, 5.74) is 6.99. The van der Waals surface area contributed by atoms with E-state index in [9.17, 15) is 4.79 Å². The maximum absolute atomic E-state index is 11.2. The van der Waals surface area contributed by atoms with Crippen molar-refractivity contribution in [3.63, 3.8) is 0 Å². The summed E-state index contributed by atoms with van der Waals surface area (Å²) >= 11 is 1.26. The molecule has 0 aromatic carbocycles. The Bertz CT molecular complexity index is 269. The van der Waals surface area contributed by atoms with Crippen LogP contribution >= 0.6 is 11.3 Å². The van der Waals surface area contributed by atoms with Crippen molar-refractivity contribution in [3.05, 3.63) is 10.4 Å². The topological polar surface area (TPSA) is 59.2 Å². The molecular weight excluding hydrogens is 162 g/mol. The van der Waals surface area contributed by atoms with Crippen LogP contribution in [-0.2, 0) is 0 Å². The first-order valence-electron chi connectivity index (χ1n) is 3.03. The van der Waals surface area contributed by atoms with Gasteiger partial charge >= 0.3 is 0 Å². The second-order valence-electron chi connectivity index (χ2n) is 2.27. The largest absolute Gasteiger partial charge is 0.382 e. The summed E-state index contributed by atoms with van der Waals surface area (Å²) in [5.74, 6) is 0.221. The molecule has 60 valence electrons. The van der Waals surface area contributed by atoms with Crippen LogP contribution in [0, 0.1) is 0 Å². The predicted molar refractivity (Wildman–Crippen MR) is 44.5 cm³/mol. The highest BCUT2D eigenvalue weighted by Crippen LogP contribution is 2.15. The number of aromatic nitrogens is 1. The van der Waals surface area contributed by atoms with Gasteiger partial charge in [0, 0.05) is 14.1 Å². The molecule has 11 heavy (non-hydrogen) atoms. The van der Waals surface area contributed by atoms with Gasteiger partial charge in [0.25, 0.3) is 5.91 Å². The summed E-state index contributed by atoms with van der Waals surface area (Å²) in [6, 6.07) is 0. The van der Waals surface area contributed by atoms with Crippen LogP contribution < -0.4 is 5.73 Å². The van der Waals surface area contributed by atoms with E-state index in [4.69, 9.17) is 5.73 Å². The second kappa shape index (κ2) is 2.87. The Kier molecular flexibility index (Phi) is 2.09. The highest BCUT2D eigenvalue weighted by molar-refractivity contribution is 7.12. The smallest absolute Gasteiger partial charge is 0.267 e. The minimum Gasteiger partial charge on any atom is -0.382 e. The molecule has 1 heterocycles. The third-order valence-electron chi connectivity index (χ3n) is 1.20. The fraction of sp³-hybridized carbons (Fsp3) is 0.333. The Morgan fingerprint density at radius 3 is 2.73 bits per heavy atom. The molecule has 0 spiro atoms. The van der Waals surface area contributed by atoms with E-state index >= 15 is 0 Å². The van der Waals surface area contributed by atoms with Gasteiger partial charge in [-0.3, -0.25) is 4.79 Å². The number of hydrogen-bond acceptors (Lipinski definition) is 4. The Labute approximate surface area is 68.6 Å². The third kappa shape index (κ3) is 1.48. The van der Waals surface area contributed by atoms with Crippen molar-refractivity contribution in [1.29, 1.82) is 0 Å². The fourth-order valence-corrected chi connectivity index (χ4v) is 1.35. The molecule has 0 fully saturated rings. The number of amides is 1. The van der Waals surface area contributed by atoms with Crippen molar-refractivity contribution in [2.24, 2.45) is 0 Å². The van der Waals surface area contributed by atoms with Gasteiger partial charge in [-0.1, -0.05) is 0 Å². The fourth-order valence-electron chi connectivity index (χ4n) is 0.618. The SMILES string of the molecule is CN(C)C(=O)c1scnc1N. The van der Waals surface area contributed by atoms with Gasteiger partial charge in [-0.2, -0.15) is 0 Å². The number of hydrogen-bond donors (Lipinski definition) is 1. The summed E-state index contributed by atoms with van der Waals surface area (Å²) in [6.45, 7) is 0. The van der Waals surface area contributed by atoms with Crippen molar-refractivity contribution < 1.29 is 4.79 Å². The number of nitrogen functional groups attached to an aromatic ring is 1. The van der Waals surface area contributed by atoms with Crippen LogP contribution in [0.4, 0.5) is 5.82 Å². The van der Waals surface area contributed by atoms with Gasteiger partial charge in [-0.05, 0) is 0 Å². The maximum Gasteiger partial charge on any atom is 0.267 e. The molecule has 0 saturated carbocycles. The van der Waals surface area contributed by atoms with Gasteiger partial charge in [-0.15, -0.1) is 11.3 Å². The molecule has 0 bridgehead atoms. The number of rotatable bonds is 1. The first kappa shape index (κ1) is 8.00. The summed E-state index contributed by atoms with van der Waals surface area (Å²) in [5, 5.41) is 0. The van der Waals surface area contributed by atoms with Crippen molar-refractivity contribution in [1.82, 2.24) is 9.88 Å². The number of nitrogens with two attached hydrogens (primary N) is 1. The lowest BCUT2D eigenvalue weighted by Crippen LogP contribution is -2.21. The summed E-state index contributed by atoms with van der Waals surface area (Å²) in [4.78, 5) is 17.0. The monoisotopic (exact) mass is 171 g/mol. The zero-order valence-electron chi connectivity index (χ0n) is 6.37. The number of carbonyl (C=O) groups excluding carboxylic acids is 1. The van der Waals surface area contributed by atoms with E-state index < -0.39 is 0 Å². The van der Waals surface area contributed by atoms with Gasteiger partial charge in [0.1, 0.15) is 10.7 Å². The lowest BCUT2D eigenvalue weighted by atomic mass is 10.4. The van der Waals surface area contributed by atoms with E-state index in [0.29, 0.717) is 10.7 Å². The molecule has 1 aromatic rings. The number of anilines is 1. The average Bonchev–Trinajstić information content (AvgIpc) is 2.33. The lowest BCUT2D eigenvalue weighted by molar-refractivity contribution is 0.0833. The van der Waals surface area contributed by atoms with Crippen LogP contribution in [0.2, 0.25) is 0 Å². The van der Waals surface area contributed by atoms with Gasteiger partial charge in [-0.25, -0.2) is 4.98 Å². The number of carbonyl (C=O) groups is 1. The van der Waals surface area contributed by atoms with E-state index in [2.05, 4.69) is 4.98 Å². The molecule has 5 heteroatoms. The highest BCUT2D eigenvalue weighted by atomic mass is 32.1. The van der Waals surface area contributed by atoms with Crippen molar-refractivity contribution in [2.45, 2.75) is 0 Å². The quantitative estimate of drug-likeness (QED) is 0.666. The van der Waals surface area contributed by atoms with Gasteiger partial charge in [0.15, 0.2) is 0 Å². The molecule has 0 unspecified atom stereocenters. The molecule has 1 rings (SSSR count). The van der Waals surface area contributed by atoms with E-state index in [1.807, 2.05) is 0 Å². The molecule has 0 aliphatic rings. The predicted octanol–water partition coefficient (Wildman–Crippen LogP) is 0.427. The minimum atomic E-state index is -0.0926. The first-order chi connectivity index (χ1) is 5.13. The maximum atomic E-state index is 11.2. The van der Waals surface area contributed by atoms with Crippen LogP contribution in [0.3, 0.4) is 0 Å². The first-order valence-corrected chi connectivity index (χ1v) is 3.91. The van der Waals surface area contributed by atoms with Gasteiger partial charge in [0.05, 0.1) is 5.51 Å². The number of nitrogens with zero attached hydrogens (tertiary/aromatic N) is 2. The van der Waals surface area contributed by atoms with E-state index in [1.165, 1.54) is 16.2 Å². The van der Waals surface area contributed by atoms with Gasteiger partial charge < -0.3 is 10.6 Å². The molecule has 0 radical (unpaired) electrons. The Morgan fingerprint density at radius 1 is 1.73 bits per heavy atom. The van der Waals surface area contributed by atoms with E-state index in [-0.39, 0.29) is 5.91 Å². The molecule has 0 saturated heterocycles. The van der Waals surface area contributed by atoms with Crippen LogP contribution in [0.15, 0.2) is 5.51 Å². The molecule has 0 atom stereocenters. The Hall–Kier alpha value is -1.10. The normalized spacial score (nSPS) is 9.64. The van der Waals surface area contributed by atoms with Crippen LogP contribution in [0.25, 0.3) is 0 Å². The standard InChI is InChI=1S/C6H9N3OS/c1-9(2)6(10)4-5(7)8-3-11-4/h3H,7H2,1-2H3. The molecule has 1 amide bonds. The van der Waals surface area contributed by atoms with Crippen LogP contribution in [0.5, 0.6) is 0 Å². The van der Waals surface area contributed by atoms with E-state index in [0.717, 1.165) is 0 Å². The highest BCUT2D eigenvalue weighted by Gasteiger charge is 2.13. The van der Waals surface area contributed by atoms with Crippen LogP contribution in [0.1, 0.15) is 9.67 Å². The zero-order valence-corrected chi connectivity index (χ0v) is 7.18. The average molecular weight is 171 g/mol. The third-order valence-corrected chi connectivity index (χ3v) is 2.03. The van der Waals surface area contributed by atoms with Crippen LogP contribution in [-0.4, -0.2) is 29.9 Å². The summed E-state index contributed by atoms with van der Waals surface area (Å²) in [6.07, 6.45) is 0. The Morgan fingerprint density at radius 2 is 2.36 bits per heavy atom. The Balaban J connectivity index is 2.93. The van der Waals surface area contributed by atoms with Crippen molar-refractivity contribution >= 4 is 23.1 Å². The molecule has 0 aliphatic carbocycles. The van der Waals surface area contributed by atoms with Crippen molar-refractivity contribution in [3.8, 4) is 0 Å². The molecule has 2 N–H and O–H groups in total. The molecular formula is C6H9N3OS.